The molecule has 0 aliphatic heterocycles. The minimum absolute atomic E-state index is 0.226. The fourth-order valence-corrected chi connectivity index (χ4v) is 2.22. The first-order valence-corrected chi connectivity index (χ1v) is 7.39. The summed E-state index contributed by atoms with van der Waals surface area (Å²) >= 11 is 0. The third kappa shape index (κ3) is 3.77. The molecule has 4 heteroatoms. The Balaban J connectivity index is 2.14. The van der Waals surface area contributed by atoms with Crippen molar-refractivity contribution in [2.45, 2.75) is 26.9 Å². The molecule has 0 fully saturated rings. The Morgan fingerprint density at radius 3 is 2.35 bits per heavy atom. The Bertz CT molecular complexity index is 734. The molecule has 0 heterocycles. The minimum Gasteiger partial charge on any atom is -0.496 e. The van der Waals surface area contributed by atoms with Crippen LogP contribution in [0.3, 0.4) is 0 Å². The smallest absolute Gasteiger partial charge is 0.342 e. The van der Waals surface area contributed by atoms with Gasteiger partial charge in [-0.2, -0.15) is 0 Å². The monoisotopic (exact) mass is 312 g/mol. The highest BCUT2D eigenvalue weighted by atomic mass is 16.5. The van der Waals surface area contributed by atoms with Crippen molar-refractivity contribution in [3.63, 3.8) is 0 Å². The van der Waals surface area contributed by atoms with Gasteiger partial charge < -0.3 is 9.47 Å². The van der Waals surface area contributed by atoms with Gasteiger partial charge in [-0.05, 0) is 50.1 Å². The molecule has 0 aliphatic rings. The van der Waals surface area contributed by atoms with Gasteiger partial charge in [0, 0.05) is 5.56 Å². The molecule has 0 saturated heterocycles. The number of hydrogen-bond donors (Lipinski definition) is 0. The van der Waals surface area contributed by atoms with Crippen LogP contribution in [0, 0.1) is 13.8 Å². The summed E-state index contributed by atoms with van der Waals surface area (Å²) in [4.78, 5) is 24.7. The zero-order valence-corrected chi connectivity index (χ0v) is 13.8. The summed E-state index contributed by atoms with van der Waals surface area (Å²) in [6.45, 7) is 5.50. The molecule has 0 spiro atoms. The van der Waals surface area contributed by atoms with E-state index in [1.54, 1.807) is 37.3 Å². The van der Waals surface area contributed by atoms with Gasteiger partial charge in [-0.3, -0.25) is 4.79 Å². The van der Waals surface area contributed by atoms with E-state index in [0.717, 1.165) is 11.1 Å². The Kier molecular flexibility index (Phi) is 5.16. The first-order chi connectivity index (χ1) is 10.9. The van der Waals surface area contributed by atoms with Crippen LogP contribution < -0.4 is 4.74 Å². The summed E-state index contributed by atoms with van der Waals surface area (Å²) in [7, 11) is 1.48. The number of ether oxygens (including phenoxy) is 2. The van der Waals surface area contributed by atoms with Crippen molar-refractivity contribution in [1.29, 1.82) is 0 Å². The van der Waals surface area contributed by atoms with E-state index in [9.17, 15) is 9.59 Å². The normalized spacial score (nSPS) is 11.7. The second-order valence-corrected chi connectivity index (χ2v) is 5.41. The molecule has 120 valence electrons. The van der Waals surface area contributed by atoms with E-state index in [1.165, 1.54) is 7.11 Å². The maximum Gasteiger partial charge on any atom is 0.342 e. The van der Waals surface area contributed by atoms with Gasteiger partial charge in [0.25, 0.3) is 0 Å². The van der Waals surface area contributed by atoms with Crippen LogP contribution in [0.15, 0.2) is 42.5 Å². The highest BCUT2D eigenvalue weighted by Crippen LogP contribution is 2.20. The predicted octanol–water partition coefficient (Wildman–Crippen LogP) is 3.74. The number of methoxy groups -OCH3 is 1. The van der Waals surface area contributed by atoms with Crippen LogP contribution in [0.1, 0.15) is 38.8 Å². The molecular formula is C19H20O4. The van der Waals surface area contributed by atoms with Crippen LogP contribution in [0.4, 0.5) is 0 Å². The molecule has 2 aromatic carbocycles. The van der Waals surface area contributed by atoms with Crippen molar-refractivity contribution in [3.8, 4) is 5.75 Å². The molecule has 0 amide bonds. The van der Waals surface area contributed by atoms with Crippen LogP contribution in [-0.2, 0) is 4.74 Å². The Morgan fingerprint density at radius 2 is 1.70 bits per heavy atom. The summed E-state index contributed by atoms with van der Waals surface area (Å²) in [5.41, 5.74) is 2.97. The number of para-hydroxylation sites is 1. The molecule has 0 aliphatic carbocycles. The van der Waals surface area contributed by atoms with E-state index in [-0.39, 0.29) is 5.78 Å². The predicted molar refractivity (Wildman–Crippen MR) is 88.1 cm³/mol. The third-order valence-corrected chi connectivity index (χ3v) is 3.77. The van der Waals surface area contributed by atoms with Crippen molar-refractivity contribution < 1.29 is 19.1 Å². The van der Waals surface area contributed by atoms with Crippen molar-refractivity contribution in [1.82, 2.24) is 0 Å². The summed E-state index contributed by atoms with van der Waals surface area (Å²) in [5.74, 6) is -0.383. The van der Waals surface area contributed by atoms with Crippen LogP contribution in [0.25, 0.3) is 0 Å². The molecule has 1 unspecified atom stereocenters. The highest BCUT2D eigenvalue weighted by Gasteiger charge is 2.22. The van der Waals surface area contributed by atoms with Crippen molar-refractivity contribution in [2.75, 3.05) is 7.11 Å². The minimum atomic E-state index is -0.866. The number of ketones is 1. The fraction of sp³-hybridized carbons (Fsp3) is 0.263. The number of hydrogen-bond acceptors (Lipinski definition) is 4. The van der Waals surface area contributed by atoms with Gasteiger partial charge in [0.2, 0.25) is 5.78 Å². The molecular weight excluding hydrogens is 292 g/mol. The number of esters is 1. The lowest BCUT2D eigenvalue weighted by atomic mass is 10.0. The Morgan fingerprint density at radius 1 is 1.00 bits per heavy atom. The van der Waals surface area contributed by atoms with Gasteiger partial charge in [-0.1, -0.05) is 24.3 Å². The van der Waals surface area contributed by atoms with Crippen molar-refractivity contribution >= 4 is 11.8 Å². The number of carbonyl (C=O) groups excluding carboxylic acids is 2. The molecule has 0 radical (unpaired) electrons. The number of rotatable bonds is 5. The van der Waals surface area contributed by atoms with Gasteiger partial charge in [0.05, 0.1) is 7.11 Å². The van der Waals surface area contributed by atoms with Gasteiger partial charge in [-0.25, -0.2) is 4.79 Å². The summed E-state index contributed by atoms with van der Waals surface area (Å²) < 4.78 is 10.4. The number of Topliss-reactive ketones (excluding diaryl/α,β-unsaturated/α-hetero) is 1. The number of benzene rings is 2. The summed E-state index contributed by atoms with van der Waals surface area (Å²) in [5, 5.41) is 0. The SMILES string of the molecule is COc1ccccc1C(=O)OC(C)C(=O)c1ccc(C)c(C)c1. The molecule has 0 aromatic heterocycles. The van der Waals surface area contributed by atoms with E-state index in [2.05, 4.69) is 0 Å². The van der Waals surface area contributed by atoms with Crippen LogP contribution in [0.5, 0.6) is 5.75 Å². The lowest BCUT2D eigenvalue weighted by Crippen LogP contribution is -2.24. The van der Waals surface area contributed by atoms with E-state index in [1.807, 2.05) is 26.0 Å². The van der Waals surface area contributed by atoms with Crippen LogP contribution in [-0.4, -0.2) is 25.0 Å². The molecule has 0 saturated carbocycles. The standard InChI is InChI=1S/C19H20O4/c1-12-9-10-15(11-13(12)2)18(20)14(3)23-19(21)16-7-5-6-8-17(16)22-4/h5-11,14H,1-4H3. The van der Waals surface area contributed by atoms with Gasteiger partial charge in [0.15, 0.2) is 6.10 Å². The van der Waals surface area contributed by atoms with Gasteiger partial charge >= 0.3 is 5.97 Å². The molecule has 1 atom stereocenters. The number of carbonyl (C=O) groups is 2. The Labute approximate surface area is 136 Å². The highest BCUT2D eigenvalue weighted by molar-refractivity contribution is 6.02. The molecule has 4 nitrogen and oxygen atoms in total. The molecule has 2 aromatic rings. The lowest BCUT2D eigenvalue weighted by Gasteiger charge is -2.14. The molecule has 0 N–H and O–H groups in total. The quantitative estimate of drug-likeness (QED) is 0.623. The second-order valence-electron chi connectivity index (χ2n) is 5.41. The average molecular weight is 312 g/mol. The first-order valence-electron chi connectivity index (χ1n) is 7.39. The largest absolute Gasteiger partial charge is 0.496 e. The van der Waals surface area contributed by atoms with E-state index in [4.69, 9.17) is 9.47 Å². The zero-order valence-electron chi connectivity index (χ0n) is 13.8. The van der Waals surface area contributed by atoms with E-state index < -0.39 is 12.1 Å². The Hall–Kier alpha value is -2.62. The lowest BCUT2D eigenvalue weighted by molar-refractivity contribution is 0.0316. The summed E-state index contributed by atoms with van der Waals surface area (Å²) in [6, 6.07) is 12.2. The topological polar surface area (TPSA) is 52.6 Å². The fourth-order valence-electron chi connectivity index (χ4n) is 2.22. The van der Waals surface area contributed by atoms with E-state index >= 15 is 0 Å². The van der Waals surface area contributed by atoms with Crippen molar-refractivity contribution in [2.24, 2.45) is 0 Å². The molecule has 2 rings (SSSR count). The molecule has 0 bridgehead atoms. The zero-order chi connectivity index (χ0) is 17.0. The second kappa shape index (κ2) is 7.09. The number of aryl methyl sites for hydroxylation is 2. The average Bonchev–Trinajstić information content (AvgIpc) is 2.56. The first kappa shape index (κ1) is 16.7. The molecule has 23 heavy (non-hydrogen) atoms. The van der Waals surface area contributed by atoms with Gasteiger partial charge in [-0.15, -0.1) is 0 Å². The van der Waals surface area contributed by atoms with Crippen LogP contribution >= 0.6 is 0 Å². The van der Waals surface area contributed by atoms with E-state index in [0.29, 0.717) is 16.9 Å². The van der Waals surface area contributed by atoms with Crippen molar-refractivity contribution in [3.05, 3.63) is 64.7 Å². The van der Waals surface area contributed by atoms with Gasteiger partial charge in [0.1, 0.15) is 11.3 Å². The maximum absolute atomic E-state index is 12.4. The van der Waals surface area contributed by atoms with Crippen LogP contribution in [0.2, 0.25) is 0 Å². The third-order valence-electron chi connectivity index (χ3n) is 3.77. The summed E-state index contributed by atoms with van der Waals surface area (Å²) in [6.07, 6.45) is -0.866. The maximum atomic E-state index is 12.4.